The van der Waals surface area contributed by atoms with E-state index in [-0.39, 0.29) is 5.91 Å². The van der Waals surface area contributed by atoms with Gasteiger partial charge in [-0.3, -0.25) is 9.48 Å². The summed E-state index contributed by atoms with van der Waals surface area (Å²) in [4.78, 5) is 23.9. The van der Waals surface area contributed by atoms with Crippen LogP contribution in [0.5, 0.6) is 0 Å². The van der Waals surface area contributed by atoms with Crippen LogP contribution in [0.25, 0.3) is 11.0 Å². The number of nitrogens with zero attached hydrogens (tertiary/aromatic N) is 5. The predicted molar refractivity (Wildman–Crippen MR) is 117 cm³/mol. The van der Waals surface area contributed by atoms with Gasteiger partial charge in [0.05, 0.1) is 18.0 Å². The van der Waals surface area contributed by atoms with E-state index < -0.39 is 0 Å². The molecule has 1 aliphatic rings. The minimum Gasteiger partial charge on any atom is -0.339 e. The molecule has 0 atom stereocenters. The van der Waals surface area contributed by atoms with Crippen molar-refractivity contribution in [1.82, 2.24) is 19.7 Å². The van der Waals surface area contributed by atoms with E-state index in [1.165, 1.54) is 5.56 Å². The third-order valence-electron chi connectivity index (χ3n) is 5.45. The van der Waals surface area contributed by atoms with Crippen LogP contribution in [0.1, 0.15) is 17.0 Å². The molecule has 5 rings (SSSR count). The molecule has 0 radical (unpaired) electrons. The lowest BCUT2D eigenvalue weighted by Crippen LogP contribution is -2.30. The van der Waals surface area contributed by atoms with Gasteiger partial charge in [-0.15, -0.1) is 0 Å². The van der Waals surface area contributed by atoms with Crippen LogP contribution in [-0.2, 0) is 24.7 Å². The molecule has 0 unspecified atom stereocenters. The standard InChI is InChI=1S/C23H22N6O/c1-15-25-22(19-14-24-28(2)23(19)26-15)27-18-9-8-17-10-11-29(20(17)13-18)21(30)12-16-6-4-3-5-7-16/h3-9,13-14H,10-12H2,1-2H3,(H,25,26,27). The third kappa shape index (κ3) is 3.28. The Morgan fingerprint density at radius 3 is 2.80 bits per heavy atom. The number of hydrogen-bond donors (Lipinski definition) is 1. The molecule has 0 saturated carbocycles. The second-order valence-corrected chi connectivity index (χ2v) is 7.55. The zero-order chi connectivity index (χ0) is 20.7. The number of nitrogens with one attached hydrogen (secondary N) is 1. The summed E-state index contributed by atoms with van der Waals surface area (Å²) < 4.78 is 1.74. The second-order valence-electron chi connectivity index (χ2n) is 7.55. The summed E-state index contributed by atoms with van der Waals surface area (Å²) in [6.45, 7) is 2.58. The molecule has 1 N–H and O–H groups in total. The molecule has 30 heavy (non-hydrogen) atoms. The minimum absolute atomic E-state index is 0.115. The highest BCUT2D eigenvalue weighted by atomic mass is 16.2. The lowest BCUT2D eigenvalue weighted by atomic mass is 10.1. The Kier molecular flexibility index (Phi) is 4.43. The first-order valence-corrected chi connectivity index (χ1v) is 9.99. The van der Waals surface area contributed by atoms with Crippen LogP contribution in [0.15, 0.2) is 54.7 Å². The SMILES string of the molecule is Cc1nc(Nc2ccc3c(c2)N(C(=O)Cc2ccccc2)CC3)c2cnn(C)c2n1. The molecule has 3 heterocycles. The van der Waals surface area contributed by atoms with Gasteiger partial charge in [-0.2, -0.15) is 5.10 Å². The van der Waals surface area contributed by atoms with Crippen molar-refractivity contribution in [2.45, 2.75) is 19.8 Å². The molecule has 2 aromatic carbocycles. The number of amides is 1. The Labute approximate surface area is 174 Å². The van der Waals surface area contributed by atoms with Crippen molar-refractivity contribution in [2.24, 2.45) is 7.05 Å². The van der Waals surface area contributed by atoms with Crippen molar-refractivity contribution < 1.29 is 4.79 Å². The molecule has 7 heteroatoms. The van der Waals surface area contributed by atoms with Gasteiger partial charge in [-0.05, 0) is 36.6 Å². The zero-order valence-electron chi connectivity index (χ0n) is 17.0. The largest absolute Gasteiger partial charge is 0.339 e. The minimum atomic E-state index is 0.115. The van der Waals surface area contributed by atoms with Crippen LogP contribution in [0, 0.1) is 6.92 Å². The van der Waals surface area contributed by atoms with Gasteiger partial charge in [0, 0.05) is 25.0 Å². The predicted octanol–water partition coefficient (Wildman–Crippen LogP) is 3.55. The van der Waals surface area contributed by atoms with Crippen molar-refractivity contribution in [1.29, 1.82) is 0 Å². The molecular weight excluding hydrogens is 376 g/mol. The van der Waals surface area contributed by atoms with Gasteiger partial charge in [0.2, 0.25) is 5.91 Å². The van der Waals surface area contributed by atoms with E-state index in [0.29, 0.717) is 24.6 Å². The van der Waals surface area contributed by atoms with Crippen molar-refractivity contribution in [3.05, 3.63) is 71.7 Å². The van der Waals surface area contributed by atoms with E-state index in [1.807, 2.05) is 61.3 Å². The lowest BCUT2D eigenvalue weighted by Gasteiger charge is -2.18. The van der Waals surface area contributed by atoms with Gasteiger partial charge in [-0.25, -0.2) is 9.97 Å². The number of fused-ring (bicyclic) bond motifs is 2. The Balaban J connectivity index is 1.43. The van der Waals surface area contributed by atoms with Crippen LogP contribution >= 0.6 is 0 Å². The first kappa shape index (κ1) is 18.3. The molecule has 0 saturated heterocycles. The van der Waals surface area contributed by atoms with E-state index in [9.17, 15) is 4.79 Å². The normalized spacial score (nSPS) is 12.9. The second kappa shape index (κ2) is 7.26. The Morgan fingerprint density at radius 2 is 1.97 bits per heavy atom. The fraction of sp³-hybridized carbons (Fsp3) is 0.217. The number of anilines is 3. The summed E-state index contributed by atoms with van der Waals surface area (Å²) in [5.74, 6) is 1.50. The zero-order valence-corrected chi connectivity index (χ0v) is 17.0. The topological polar surface area (TPSA) is 75.9 Å². The van der Waals surface area contributed by atoms with Gasteiger partial charge in [-0.1, -0.05) is 36.4 Å². The Bertz CT molecular complexity index is 1250. The first-order valence-electron chi connectivity index (χ1n) is 9.99. The molecule has 0 aliphatic carbocycles. The summed E-state index contributed by atoms with van der Waals surface area (Å²) in [5.41, 5.74) is 4.85. The number of carbonyl (C=O) groups is 1. The molecule has 150 valence electrons. The first-order chi connectivity index (χ1) is 14.6. The average molecular weight is 398 g/mol. The number of aryl methyl sites for hydroxylation is 2. The molecule has 0 spiro atoms. The Morgan fingerprint density at radius 1 is 1.13 bits per heavy atom. The van der Waals surface area contributed by atoms with Gasteiger partial charge in [0.25, 0.3) is 0 Å². The van der Waals surface area contributed by atoms with Crippen LogP contribution in [0.2, 0.25) is 0 Å². The Hall–Kier alpha value is -3.74. The molecular formula is C23H22N6O. The fourth-order valence-corrected chi connectivity index (χ4v) is 3.94. The molecule has 1 amide bonds. The highest BCUT2D eigenvalue weighted by molar-refractivity contribution is 5.97. The number of aromatic nitrogens is 4. The summed E-state index contributed by atoms with van der Waals surface area (Å²) in [6.07, 6.45) is 3.04. The maximum Gasteiger partial charge on any atom is 0.231 e. The van der Waals surface area contributed by atoms with Crippen LogP contribution in [-0.4, -0.2) is 32.2 Å². The number of benzene rings is 2. The van der Waals surface area contributed by atoms with Crippen LogP contribution in [0.4, 0.5) is 17.2 Å². The third-order valence-corrected chi connectivity index (χ3v) is 5.45. The molecule has 0 fully saturated rings. The molecule has 7 nitrogen and oxygen atoms in total. The van der Waals surface area contributed by atoms with Crippen molar-refractivity contribution in [2.75, 3.05) is 16.8 Å². The molecule has 1 aliphatic heterocycles. The maximum absolute atomic E-state index is 12.9. The fourth-order valence-electron chi connectivity index (χ4n) is 3.94. The van der Waals surface area contributed by atoms with Crippen LogP contribution in [0.3, 0.4) is 0 Å². The number of rotatable bonds is 4. The summed E-state index contributed by atoms with van der Waals surface area (Å²) in [5, 5.41) is 8.55. The van der Waals surface area contributed by atoms with E-state index in [2.05, 4.69) is 26.4 Å². The lowest BCUT2D eigenvalue weighted by molar-refractivity contribution is -0.117. The average Bonchev–Trinajstić information content (AvgIpc) is 3.32. The monoisotopic (exact) mass is 398 g/mol. The molecule has 4 aromatic rings. The van der Waals surface area contributed by atoms with E-state index in [0.717, 1.165) is 34.4 Å². The molecule has 2 aromatic heterocycles. The number of carbonyl (C=O) groups excluding carboxylic acids is 1. The van der Waals surface area contributed by atoms with E-state index >= 15 is 0 Å². The smallest absolute Gasteiger partial charge is 0.231 e. The van der Waals surface area contributed by atoms with E-state index in [1.54, 1.807) is 10.9 Å². The quantitative estimate of drug-likeness (QED) is 0.569. The van der Waals surface area contributed by atoms with Crippen molar-refractivity contribution in [3.8, 4) is 0 Å². The summed E-state index contributed by atoms with van der Waals surface area (Å²) in [7, 11) is 1.87. The van der Waals surface area contributed by atoms with Gasteiger partial charge in [0.15, 0.2) is 5.65 Å². The highest BCUT2D eigenvalue weighted by Gasteiger charge is 2.25. The van der Waals surface area contributed by atoms with Crippen molar-refractivity contribution in [3.63, 3.8) is 0 Å². The highest BCUT2D eigenvalue weighted by Crippen LogP contribution is 2.33. The molecule has 0 bridgehead atoms. The van der Waals surface area contributed by atoms with Gasteiger partial charge < -0.3 is 10.2 Å². The van der Waals surface area contributed by atoms with Gasteiger partial charge in [0.1, 0.15) is 11.6 Å². The van der Waals surface area contributed by atoms with E-state index in [4.69, 9.17) is 0 Å². The van der Waals surface area contributed by atoms with Crippen molar-refractivity contribution >= 4 is 34.1 Å². The maximum atomic E-state index is 12.9. The van der Waals surface area contributed by atoms with Gasteiger partial charge >= 0.3 is 0 Å². The van der Waals surface area contributed by atoms with Crippen LogP contribution < -0.4 is 10.2 Å². The summed E-state index contributed by atoms with van der Waals surface area (Å²) in [6, 6.07) is 16.0. The summed E-state index contributed by atoms with van der Waals surface area (Å²) >= 11 is 0. The number of hydrogen-bond acceptors (Lipinski definition) is 5.